The first-order valence-corrected chi connectivity index (χ1v) is 4.65. The molecule has 7 nitrogen and oxygen atoms in total. The molecule has 2 N–H and O–H groups in total. The van der Waals surface area contributed by atoms with E-state index in [2.05, 4.69) is 19.3 Å². The van der Waals surface area contributed by atoms with Gasteiger partial charge in [-0.15, -0.1) is 3.63 Å². The summed E-state index contributed by atoms with van der Waals surface area (Å²) in [5, 5.41) is 0. The zero-order chi connectivity index (χ0) is 8.41. The second kappa shape index (κ2) is 10.2. The number of hydrogen-bond acceptors (Lipinski definition) is 5. The minimum Gasteiger partial charge on any atom is -1.00 e. The second-order valence-electron chi connectivity index (χ2n) is 1.01. The smallest absolute Gasteiger partial charge is 1.00 e. The number of rotatable bonds is 2. The molecule has 0 aliphatic rings. The fourth-order valence-corrected chi connectivity index (χ4v) is 1.32. The first kappa shape index (κ1) is 25.1. The summed E-state index contributed by atoms with van der Waals surface area (Å²) in [6.45, 7) is 0. The largest absolute Gasteiger partial charge is 1.00 e. The van der Waals surface area contributed by atoms with Crippen molar-refractivity contribution in [2.24, 2.45) is 3.88 Å². The van der Waals surface area contributed by atoms with Crippen molar-refractivity contribution in [1.29, 1.82) is 0 Å². The SMILES string of the molecule is O=S(=O)(O)OS(=O)(O)=NCl.[H-].[H-].[H-].[Na+].[Na+].[Na+]. The van der Waals surface area contributed by atoms with Crippen LogP contribution in [0.4, 0.5) is 0 Å². The van der Waals surface area contributed by atoms with E-state index >= 15 is 0 Å². The molecule has 0 aliphatic carbocycles. The molecule has 0 rings (SSSR count). The third-order valence-electron chi connectivity index (χ3n) is 0.262. The van der Waals surface area contributed by atoms with Gasteiger partial charge in [0.15, 0.2) is 0 Å². The molecule has 1 atom stereocenters. The minimum absolute atomic E-state index is 0. The van der Waals surface area contributed by atoms with Gasteiger partial charge in [-0.05, 0) is 0 Å². The second-order valence-corrected chi connectivity index (χ2v) is 3.86. The van der Waals surface area contributed by atoms with Gasteiger partial charge in [-0.25, -0.2) is 0 Å². The van der Waals surface area contributed by atoms with Crippen molar-refractivity contribution < 1.29 is 118 Å². The first-order chi connectivity index (χ1) is 4.27. The summed E-state index contributed by atoms with van der Waals surface area (Å²) in [5.74, 6) is 0. The Morgan fingerprint density at radius 2 is 1.46 bits per heavy atom. The molecule has 13 heteroatoms. The van der Waals surface area contributed by atoms with Gasteiger partial charge in [-0.3, -0.25) is 9.11 Å². The molecule has 0 saturated carbocycles. The predicted octanol–water partition coefficient (Wildman–Crippen LogP) is -8.83. The predicted molar refractivity (Wildman–Crippen MR) is 35.0 cm³/mol. The zero-order valence-corrected chi connectivity index (χ0v) is 15.6. The van der Waals surface area contributed by atoms with Crippen LogP contribution in [0.2, 0.25) is 0 Å². The fraction of sp³-hybridized carbons (Fsp3) is 0. The summed E-state index contributed by atoms with van der Waals surface area (Å²) in [4.78, 5) is 0. The Labute approximate surface area is 152 Å². The molecule has 0 aromatic rings. The third kappa shape index (κ3) is 17.7. The van der Waals surface area contributed by atoms with E-state index in [1.165, 1.54) is 0 Å². The van der Waals surface area contributed by atoms with Crippen LogP contribution in [-0.2, 0) is 24.3 Å². The molecule has 0 fully saturated rings. The maximum absolute atomic E-state index is 10.1. The van der Waals surface area contributed by atoms with Crippen LogP contribution in [0.5, 0.6) is 0 Å². The van der Waals surface area contributed by atoms with Crippen LogP contribution in [0.1, 0.15) is 4.28 Å². The molecule has 0 amide bonds. The molecule has 0 aliphatic heterocycles. The van der Waals surface area contributed by atoms with Gasteiger partial charge in [0.1, 0.15) is 0 Å². The molecule has 1 unspecified atom stereocenters. The quantitative estimate of drug-likeness (QED) is 0.384. The summed E-state index contributed by atoms with van der Waals surface area (Å²) in [5.41, 5.74) is 0. The van der Waals surface area contributed by atoms with E-state index in [0.717, 1.165) is 0 Å². The third-order valence-corrected chi connectivity index (χ3v) is 2.36. The van der Waals surface area contributed by atoms with Crippen molar-refractivity contribution in [1.82, 2.24) is 0 Å². The number of nitrogens with zero attached hydrogens (tertiary/aromatic N) is 1. The molecule has 0 spiro atoms. The van der Waals surface area contributed by atoms with Gasteiger partial charge in [0, 0.05) is 0 Å². The maximum Gasteiger partial charge on any atom is 1.00 e. The molecule has 0 bridgehead atoms. The number of halogens is 1. The number of hydrogen-bond donors (Lipinski definition) is 2. The average molecular weight is 284 g/mol. The van der Waals surface area contributed by atoms with Crippen LogP contribution in [0.3, 0.4) is 0 Å². The van der Waals surface area contributed by atoms with E-state index in [1.54, 1.807) is 0 Å². The Balaban J connectivity index is -0.0000000270. The van der Waals surface area contributed by atoms with Crippen LogP contribution in [-0.4, -0.2) is 21.7 Å². The van der Waals surface area contributed by atoms with Gasteiger partial charge in [0.25, 0.3) is 0 Å². The molecule has 0 heterocycles. The van der Waals surface area contributed by atoms with E-state index < -0.39 is 20.7 Å². The minimum atomic E-state index is -5.00. The molecular weight excluding hydrogens is 279 g/mol. The van der Waals surface area contributed by atoms with Crippen LogP contribution in [0.25, 0.3) is 0 Å². The van der Waals surface area contributed by atoms with Crippen molar-refractivity contribution >= 4 is 32.5 Å². The van der Waals surface area contributed by atoms with Gasteiger partial charge in [-0.1, -0.05) is 3.88 Å². The summed E-state index contributed by atoms with van der Waals surface area (Å²) < 4.78 is 50.5. The topological polar surface area (TPSA) is 113 Å². The Morgan fingerprint density at radius 3 is 1.54 bits per heavy atom. The molecular formula is H5ClNNa3O6S2. The molecule has 0 aromatic heterocycles. The van der Waals surface area contributed by atoms with E-state index in [9.17, 15) is 12.6 Å². The Bertz CT molecular complexity index is 326. The Hall–Kier alpha value is 3.07. The first-order valence-electron chi connectivity index (χ1n) is 1.55. The van der Waals surface area contributed by atoms with Gasteiger partial charge in [0.2, 0.25) is 0 Å². The standard InChI is InChI=1S/ClH2NO6S2.3Na.3H/c1-2-9(3,4)8-10(5,6)7;;;;;;/h(H,2,3,4)(H,5,6,7);;;;;;/q;3*+1;3*-1. The van der Waals surface area contributed by atoms with Crippen molar-refractivity contribution in [3.05, 3.63) is 0 Å². The van der Waals surface area contributed by atoms with Gasteiger partial charge < -0.3 is 4.28 Å². The van der Waals surface area contributed by atoms with Crippen LogP contribution in [0.15, 0.2) is 3.88 Å². The Morgan fingerprint density at radius 1 is 1.15 bits per heavy atom. The van der Waals surface area contributed by atoms with Gasteiger partial charge >= 0.3 is 109 Å². The van der Waals surface area contributed by atoms with Crippen LogP contribution in [0, 0.1) is 0 Å². The Kier molecular flexibility index (Phi) is 19.7. The summed E-state index contributed by atoms with van der Waals surface area (Å²) in [7, 11) is -9.47. The van der Waals surface area contributed by atoms with E-state index in [-0.39, 0.29) is 93.0 Å². The van der Waals surface area contributed by atoms with Crippen molar-refractivity contribution in [2.45, 2.75) is 0 Å². The van der Waals surface area contributed by atoms with E-state index in [1.807, 2.05) is 0 Å². The zero-order valence-electron chi connectivity index (χ0n) is 10.2. The van der Waals surface area contributed by atoms with Crippen molar-refractivity contribution in [3.63, 3.8) is 0 Å². The van der Waals surface area contributed by atoms with E-state index in [0.29, 0.717) is 0 Å². The molecule has 68 valence electrons. The van der Waals surface area contributed by atoms with Crippen LogP contribution >= 0.6 is 11.8 Å². The molecule has 0 saturated heterocycles. The summed E-state index contributed by atoms with van der Waals surface area (Å²) >= 11 is 4.40. The average Bonchev–Trinajstić information content (AvgIpc) is 1.60. The maximum atomic E-state index is 10.1. The normalized spacial score (nSPS) is 13.8. The van der Waals surface area contributed by atoms with Crippen molar-refractivity contribution in [2.75, 3.05) is 0 Å². The van der Waals surface area contributed by atoms with Crippen LogP contribution < -0.4 is 88.7 Å². The monoisotopic (exact) mass is 283 g/mol. The molecule has 0 radical (unpaired) electrons. The van der Waals surface area contributed by atoms with Gasteiger partial charge in [-0.2, -0.15) is 12.6 Å². The molecule has 13 heavy (non-hydrogen) atoms. The van der Waals surface area contributed by atoms with Crippen molar-refractivity contribution in [3.8, 4) is 0 Å². The fourth-order valence-electron chi connectivity index (χ4n) is 0.124. The summed E-state index contributed by atoms with van der Waals surface area (Å²) in [6, 6.07) is 0. The molecule has 0 aromatic carbocycles. The summed E-state index contributed by atoms with van der Waals surface area (Å²) in [6.07, 6.45) is 0. The van der Waals surface area contributed by atoms with E-state index in [4.69, 9.17) is 9.11 Å². The van der Waals surface area contributed by atoms with Gasteiger partial charge in [0.05, 0.1) is 11.8 Å².